The van der Waals surface area contributed by atoms with Crippen molar-refractivity contribution in [2.75, 3.05) is 40.0 Å². The maximum atomic E-state index is 11.7. The van der Waals surface area contributed by atoms with Crippen LogP contribution in [0.15, 0.2) is 0 Å². The number of ether oxygens (including phenoxy) is 1. The molecule has 1 N–H and O–H groups in total. The van der Waals surface area contributed by atoms with Crippen LogP contribution < -0.4 is 17.7 Å². The Hall–Kier alpha value is 0.0300. The molecule has 17 heavy (non-hydrogen) atoms. The molecule has 1 aliphatic heterocycles. The van der Waals surface area contributed by atoms with Crippen LogP contribution in [0.2, 0.25) is 0 Å². The van der Waals surface area contributed by atoms with Gasteiger partial charge in [0.25, 0.3) is 0 Å². The Morgan fingerprint density at radius 2 is 2.06 bits per heavy atom. The molecule has 0 unspecified atom stereocenters. The van der Waals surface area contributed by atoms with Crippen LogP contribution in [0, 0.1) is 0 Å². The normalized spacial score (nSPS) is 23.0. The first-order chi connectivity index (χ1) is 7.20. The topological polar surface area (TPSA) is 38.3 Å². The van der Waals surface area contributed by atoms with E-state index < -0.39 is 0 Å². The number of rotatable bonds is 4. The van der Waals surface area contributed by atoms with Gasteiger partial charge in [-0.05, 0) is 13.8 Å². The average molecular weight is 283 g/mol. The number of nitrogens with zero attached hydrogens (tertiary/aromatic N) is 1. The first-order valence-electron chi connectivity index (χ1n) is 5.58. The van der Waals surface area contributed by atoms with Crippen LogP contribution in [-0.4, -0.2) is 61.4 Å². The van der Waals surface area contributed by atoms with E-state index in [1.54, 1.807) is 11.8 Å². The molecule has 1 heterocycles. The predicted octanol–water partition coefficient (Wildman–Crippen LogP) is -2.32. The molecule has 1 aliphatic rings. The molecule has 0 saturated carbocycles. The highest BCUT2D eigenvalue weighted by Crippen LogP contribution is 2.29. The second kappa shape index (κ2) is 6.27. The van der Waals surface area contributed by atoms with Gasteiger partial charge in [0.05, 0.1) is 26.0 Å². The van der Waals surface area contributed by atoms with Crippen LogP contribution in [-0.2, 0) is 9.53 Å². The summed E-state index contributed by atoms with van der Waals surface area (Å²) in [5.74, 6) is 0.683. The van der Waals surface area contributed by atoms with E-state index in [1.807, 2.05) is 0 Å². The fourth-order valence-electron chi connectivity index (χ4n) is 1.44. The molecule has 0 aromatic carbocycles. The number of carbonyl (C=O) groups excluding carboxylic acids is 1. The summed E-state index contributed by atoms with van der Waals surface area (Å²) in [6, 6.07) is -0.146. The number of thioether (sulfide) groups is 1. The zero-order valence-electron chi connectivity index (χ0n) is 11.2. The molecule has 1 atom stereocenters. The van der Waals surface area contributed by atoms with Gasteiger partial charge < -0.3 is 21.6 Å². The standard InChI is InChI=1S/C11H23N2O2S.ClH/c1-11(2)12-9(8-16-11)10(14)15-7-6-13(3,4)5;/h9,12H,6-8H2,1-5H3;1H/q+1;/p-1/t9-;/m0./s1. The smallest absolute Gasteiger partial charge is 0.324 e. The Morgan fingerprint density at radius 1 is 1.47 bits per heavy atom. The van der Waals surface area contributed by atoms with Gasteiger partial charge in [-0.2, -0.15) is 0 Å². The van der Waals surface area contributed by atoms with E-state index in [2.05, 4.69) is 40.3 Å². The molecule has 4 nitrogen and oxygen atoms in total. The molecule has 0 bridgehead atoms. The molecule has 0 aliphatic carbocycles. The maximum Gasteiger partial charge on any atom is 0.324 e. The number of halogens is 1. The van der Waals surface area contributed by atoms with Crippen LogP contribution >= 0.6 is 11.8 Å². The van der Waals surface area contributed by atoms with Crippen molar-refractivity contribution < 1.29 is 26.4 Å². The van der Waals surface area contributed by atoms with E-state index in [9.17, 15) is 4.79 Å². The summed E-state index contributed by atoms with van der Waals surface area (Å²) in [5.41, 5.74) is 0. The van der Waals surface area contributed by atoms with Crippen LogP contribution in [0.1, 0.15) is 13.8 Å². The van der Waals surface area contributed by atoms with Crippen LogP contribution in [0.5, 0.6) is 0 Å². The Labute approximate surface area is 114 Å². The van der Waals surface area contributed by atoms with E-state index in [-0.39, 0.29) is 29.3 Å². The van der Waals surface area contributed by atoms with Gasteiger partial charge in [-0.3, -0.25) is 10.1 Å². The Morgan fingerprint density at radius 3 is 2.47 bits per heavy atom. The van der Waals surface area contributed by atoms with E-state index >= 15 is 0 Å². The SMILES string of the molecule is CC1(C)N[C@H](C(=O)OCC[N+](C)(C)C)CS1.[Cl-]. The van der Waals surface area contributed by atoms with E-state index in [1.165, 1.54) is 0 Å². The van der Waals surface area contributed by atoms with Gasteiger partial charge in [0.2, 0.25) is 0 Å². The lowest BCUT2D eigenvalue weighted by molar-refractivity contribution is -0.870. The number of likely N-dealkylation sites (N-methyl/N-ethyl adjacent to an activating group) is 1. The molecule has 6 heteroatoms. The fourth-order valence-corrected chi connectivity index (χ4v) is 2.47. The minimum absolute atomic E-state index is 0. The number of carbonyl (C=O) groups is 1. The van der Waals surface area contributed by atoms with Crippen molar-refractivity contribution in [2.24, 2.45) is 0 Å². The minimum atomic E-state index is -0.146. The summed E-state index contributed by atoms with van der Waals surface area (Å²) < 4.78 is 6.08. The highest BCUT2D eigenvalue weighted by atomic mass is 35.5. The van der Waals surface area contributed by atoms with Crippen molar-refractivity contribution >= 4 is 17.7 Å². The monoisotopic (exact) mass is 282 g/mol. The molecular weight excluding hydrogens is 260 g/mol. The van der Waals surface area contributed by atoms with Crippen molar-refractivity contribution in [1.82, 2.24) is 5.32 Å². The van der Waals surface area contributed by atoms with Crippen molar-refractivity contribution in [1.29, 1.82) is 0 Å². The summed E-state index contributed by atoms with van der Waals surface area (Å²) in [7, 11) is 6.25. The molecule has 1 fully saturated rings. The molecule has 1 rings (SSSR count). The lowest BCUT2D eigenvalue weighted by atomic mass is 10.3. The molecule has 1 saturated heterocycles. The number of nitrogens with one attached hydrogen (secondary N) is 1. The number of quaternary nitrogens is 1. The number of hydrogen-bond acceptors (Lipinski definition) is 4. The van der Waals surface area contributed by atoms with Crippen LogP contribution in [0.25, 0.3) is 0 Å². The molecule has 0 radical (unpaired) electrons. The summed E-state index contributed by atoms with van der Waals surface area (Å²) in [5, 5.41) is 3.26. The molecule has 0 aromatic rings. The second-order valence-corrected chi connectivity index (χ2v) is 7.34. The maximum absolute atomic E-state index is 11.7. The first-order valence-corrected chi connectivity index (χ1v) is 6.57. The first kappa shape index (κ1) is 17.0. The fraction of sp³-hybridized carbons (Fsp3) is 0.909. The van der Waals surface area contributed by atoms with Gasteiger partial charge in [-0.25, -0.2) is 0 Å². The number of esters is 1. The van der Waals surface area contributed by atoms with Crippen molar-refractivity contribution in [3.8, 4) is 0 Å². The van der Waals surface area contributed by atoms with Crippen molar-refractivity contribution in [3.05, 3.63) is 0 Å². The van der Waals surface area contributed by atoms with Gasteiger partial charge in [0.1, 0.15) is 19.2 Å². The third-order valence-corrected chi connectivity index (χ3v) is 3.76. The lowest BCUT2D eigenvalue weighted by Crippen LogP contribution is -3.00. The third-order valence-electron chi connectivity index (χ3n) is 2.42. The van der Waals surface area contributed by atoms with Gasteiger partial charge in [0, 0.05) is 5.75 Å². The van der Waals surface area contributed by atoms with Gasteiger partial charge in [0.15, 0.2) is 0 Å². The Kier molecular flexibility index (Phi) is 6.28. The van der Waals surface area contributed by atoms with Gasteiger partial charge in [-0.15, -0.1) is 11.8 Å². The summed E-state index contributed by atoms with van der Waals surface area (Å²) in [4.78, 5) is 11.7. The average Bonchev–Trinajstić information content (AvgIpc) is 2.43. The second-order valence-electron chi connectivity index (χ2n) is 5.70. The van der Waals surface area contributed by atoms with E-state index in [0.29, 0.717) is 6.61 Å². The van der Waals surface area contributed by atoms with Crippen LogP contribution in [0.4, 0.5) is 0 Å². The van der Waals surface area contributed by atoms with Crippen LogP contribution in [0.3, 0.4) is 0 Å². The zero-order valence-corrected chi connectivity index (χ0v) is 12.8. The summed E-state index contributed by atoms with van der Waals surface area (Å²) in [6.07, 6.45) is 0. The van der Waals surface area contributed by atoms with Crippen molar-refractivity contribution in [2.45, 2.75) is 24.8 Å². The predicted molar refractivity (Wildman–Crippen MR) is 67.3 cm³/mol. The van der Waals surface area contributed by atoms with Crippen molar-refractivity contribution in [3.63, 3.8) is 0 Å². The van der Waals surface area contributed by atoms with E-state index in [4.69, 9.17) is 4.74 Å². The quantitative estimate of drug-likeness (QED) is 0.464. The molecule has 102 valence electrons. The Balaban J connectivity index is 0.00000256. The highest BCUT2D eigenvalue weighted by molar-refractivity contribution is 8.00. The summed E-state index contributed by atoms with van der Waals surface area (Å²) >= 11 is 1.76. The summed E-state index contributed by atoms with van der Waals surface area (Å²) in [6.45, 7) is 5.49. The zero-order chi connectivity index (χ0) is 12.4. The highest BCUT2D eigenvalue weighted by Gasteiger charge is 2.35. The molecule has 0 amide bonds. The Bertz CT molecular complexity index is 267. The van der Waals surface area contributed by atoms with Gasteiger partial charge in [-0.1, -0.05) is 0 Å². The third kappa shape index (κ3) is 6.50. The molecular formula is C11H23ClN2O2S. The molecule has 0 spiro atoms. The number of hydrogen-bond donors (Lipinski definition) is 1. The largest absolute Gasteiger partial charge is 1.00 e. The minimum Gasteiger partial charge on any atom is -1.00 e. The molecule has 0 aromatic heterocycles. The van der Waals surface area contributed by atoms with Gasteiger partial charge >= 0.3 is 5.97 Å². The lowest BCUT2D eigenvalue weighted by Gasteiger charge is -2.24. The van der Waals surface area contributed by atoms with E-state index in [0.717, 1.165) is 16.8 Å².